The number of esters is 1. The Morgan fingerprint density at radius 2 is 2.15 bits per heavy atom. The molecule has 0 amide bonds. The second-order valence-electron chi connectivity index (χ2n) is 3.46. The molecule has 1 N–H and O–H groups in total. The highest BCUT2D eigenvalue weighted by Gasteiger charge is 2.32. The van der Waals surface area contributed by atoms with Crippen LogP contribution in [0.5, 0.6) is 0 Å². The maximum atomic E-state index is 11.2. The van der Waals surface area contributed by atoms with E-state index in [9.17, 15) is 4.79 Å². The van der Waals surface area contributed by atoms with E-state index in [0.29, 0.717) is 5.57 Å². The molecule has 1 atom stereocenters. The van der Waals surface area contributed by atoms with Gasteiger partial charge in [0.15, 0.2) is 0 Å². The van der Waals surface area contributed by atoms with Crippen molar-refractivity contribution < 1.29 is 14.6 Å². The van der Waals surface area contributed by atoms with Crippen molar-refractivity contribution in [3.05, 3.63) is 11.5 Å². The lowest BCUT2D eigenvalue weighted by Crippen LogP contribution is -2.10. The van der Waals surface area contributed by atoms with Gasteiger partial charge in [0.25, 0.3) is 5.95 Å². The minimum atomic E-state index is -0.300. The molecule has 0 radical (unpaired) electrons. The van der Waals surface area contributed by atoms with E-state index in [4.69, 9.17) is 5.11 Å². The highest BCUT2D eigenvalue weighted by Crippen LogP contribution is 2.28. The summed E-state index contributed by atoms with van der Waals surface area (Å²) >= 11 is 0. The van der Waals surface area contributed by atoms with Crippen molar-refractivity contribution in [2.45, 2.75) is 39.5 Å². The number of hydrogen-bond acceptors (Lipinski definition) is 3. The third-order valence-electron chi connectivity index (χ3n) is 2.44. The smallest absolute Gasteiger partial charge is 0.321 e. The van der Waals surface area contributed by atoms with Crippen molar-refractivity contribution in [2.24, 2.45) is 5.92 Å². The Hall–Kier alpha value is -0.990. The molecule has 0 bridgehead atoms. The summed E-state index contributed by atoms with van der Waals surface area (Å²) in [4.78, 5) is 11.2. The van der Waals surface area contributed by atoms with Crippen molar-refractivity contribution in [1.29, 1.82) is 0 Å². The van der Waals surface area contributed by atoms with Crippen LogP contribution >= 0.6 is 0 Å². The van der Waals surface area contributed by atoms with Crippen LogP contribution in [0.15, 0.2) is 11.5 Å². The zero-order valence-corrected chi connectivity index (χ0v) is 8.17. The number of ether oxygens (including phenoxy) is 1. The molecular formula is C10H16O3. The van der Waals surface area contributed by atoms with Crippen LogP contribution in [0.1, 0.15) is 39.5 Å². The Labute approximate surface area is 78.4 Å². The molecule has 3 nitrogen and oxygen atoms in total. The van der Waals surface area contributed by atoms with Gasteiger partial charge in [0.2, 0.25) is 0 Å². The first kappa shape index (κ1) is 10.1. The van der Waals surface area contributed by atoms with E-state index in [1.807, 2.05) is 0 Å². The average Bonchev–Trinajstić information content (AvgIpc) is 2.32. The lowest BCUT2D eigenvalue weighted by molar-refractivity contribution is -0.143. The number of unbranched alkanes of at least 4 members (excludes halogenated alkanes) is 2. The van der Waals surface area contributed by atoms with Crippen LogP contribution in [-0.2, 0) is 9.53 Å². The lowest BCUT2D eigenvalue weighted by Gasteiger charge is -2.05. The Balaban J connectivity index is 2.45. The van der Waals surface area contributed by atoms with E-state index in [1.54, 1.807) is 6.92 Å². The van der Waals surface area contributed by atoms with Crippen molar-refractivity contribution >= 4 is 5.97 Å². The zero-order chi connectivity index (χ0) is 9.84. The molecule has 74 valence electrons. The second kappa shape index (κ2) is 4.30. The molecule has 3 heteroatoms. The minimum Gasteiger partial charge on any atom is -0.481 e. The fourth-order valence-corrected chi connectivity index (χ4v) is 1.51. The molecule has 0 saturated heterocycles. The molecular weight excluding hydrogens is 168 g/mol. The van der Waals surface area contributed by atoms with E-state index in [2.05, 4.69) is 11.7 Å². The number of rotatable bonds is 4. The number of carbonyl (C=O) groups excluding carboxylic acids is 1. The van der Waals surface area contributed by atoms with Gasteiger partial charge in [0, 0.05) is 5.57 Å². The molecule has 0 aromatic carbocycles. The second-order valence-corrected chi connectivity index (χ2v) is 3.46. The molecule has 0 fully saturated rings. The van der Waals surface area contributed by atoms with Crippen molar-refractivity contribution in [1.82, 2.24) is 0 Å². The molecule has 1 unspecified atom stereocenters. The third-order valence-corrected chi connectivity index (χ3v) is 2.44. The summed E-state index contributed by atoms with van der Waals surface area (Å²) in [6.45, 7) is 3.87. The van der Waals surface area contributed by atoms with Gasteiger partial charge in [-0.2, -0.15) is 0 Å². The Bertz CT molecular complexity index is 230. The summed E-state index contributed by atoms with van der Waals surface area (Å²) in [5.74, 6) is -0.691. The average molecular weight is 184 g/mol. The fraction of sp³-hybridized carbons (Fsp3) is 0.700. The van der Waals surface area contributed by atoms with Gasteiger partial charge in [-0.05, 0) is 13.3 Å². The van der Waals surface area contributed by atoms with Crippen LogP contribution in [-0.4, -0.2) is 11.1 Å². The predicted octanol–water partition coefficient (Wildman–Crippen LogP) is 2.53. The van der Waals surface area contributed by atoms with Gasteiger partial charge in [-0.15, -0.1) is 0 Å². The fourth-order valence-electron chi connectivity index (χ4n) is 1.51. The first-order valence-electron chi connectivity index (χ1n) is 4.78. The Morgan fingerprint density at radius 1 is 1.46 bits per heavy atom. The summed E-state index contributed by atoms with van der Waals surface area (Å²) in [6, 6.07) is 0. The molecule has 0 aromatic heterocycles. The number of carbonyl (C=O) groups is 1. The number of aliphatic hydroxyl groups is 1. The van der Waals surface area contributed by atoms with Crippen LogP contribution < -0.4 is 0 Å². The summed E-state index contributed by atoms with van der Waals surface area (Å²) < 4.78 is 4.61. The summed E-state index contributed by atoms with van der Waals surface area (Å²) in [5, 5.41) is 9.13. The Morgan fingerprint density at radius 3 is 2.62 bits per heavy atom. The molecule has 0 saturated carbocycles. The van der Waals surface area contributed by atoms with Gasteiger partial charge in [0.05, 0.1) is 5.92 Å². The maximum absolute atomic E-state index is 11.2. The van der Waals surface area contributed by atoms with E-state index < -0.39 is 0 Å². The predicted molar refractivity (Wildman–Crippen MR) is 49.1 cm³/mol. The van der Waals surface area contributed by atoms with Crippen LogP contribution in [0.3, 0.4) is 0 Å². The summed E-state index contributed by atoms with van der Waals surface area (Å²) in [5.41, 5.74) is 0.682. The quantitative estimate of drug-likeness (QED) is 0.539. The number of hydrogen-bond donors (Lipinski definition) is 1. The van der Waals surface area contributed by atoms with Crippen LogP contribution in [0.2, 0.25) is 0 Å². The molecule has 1 rings (SSSR count). The molecule has 1 aliphatic rings. The highest BCUT2D eigenvalue weighted by molar-refractivity contribution is 5.79. The molecule has 0 aromatic rings. The third kappa shape index (κ3) is 2.23. The zero-order valence-electron chi connectivity index (χ0n) is 8.17. The van der Waals surface area contributed by atoms with Crippen LogP contribution in [0.25, 0.3) is 0 Å². The molecule has 1 heterocycles. The van der Waals surface area contributed by atoms with Crippen molar-refractivity contribution in [3.8, 4) is 0 Å². The van der Waals surface area contributed by atoms with Gasteiger partial charge in [0.1, 0.15) is 0 Å². The standard InChI is InChI=1S/C10H16O3/c1-3-4-5-6-8-7(2)9(11)13-10(8)12/h8,11H,3-6H2,1-2H3. The SMILES string of the molecule is CCCCCC1C(=O)OC(O)=C1C. The topological polar surface area (TPSA) is 46.5 Å². The maximum Gasteiger partial charge on any atom is 0.321 e. The number of cyclic esters (lactones) is 1. The monoisotopic (exact) mass is 184 g/mol. The molecule has 1 aliphatic heterocycles. The van der Waals surface area contributed by atoms with Gasteiger partial charge in [-0.3, -0.25) is 4.79 Å². The minimum absolute atomic E-state index is 0.188. The van der Waals surface area contributed by atoms with E-state index in [-0.39, 0.29) is 17.8 Å². The first-order valence-corrected chi connectivity index (χ1v) is 4.78. The van der Waals surface area contributed by atoms with Gasteiger partial charge < -0.3 is 9.84 Å². The van der Waals surface area contributed by atoms with Gasteiger partial charge in [-0.25, -0.2) is 0 Å². The highest BCUT2D eigenvalue weighted by atomic mass is 16.6. The molecule has 0 aliphatic carbocycles. The number of aliphatic hydroxyl groups excluding tert-OH is 1. The summed E-state index contributed by atoms with van der Waals surface area (Å²) in [7, 11) is 0. The van der Waals surface area contributed by atoms with Crippen molar-refractivity contribution in [2.75, 3.05) is 0 Å². The Kier molecular flexibility index (Phi) is 3.34. The molecule has 0 spiro atoms. The lowest BCUT2D eigenvalue weighted by atomic mass is 9.96. The van der Waals surface area contributed by atoms with Gasteiger partial charge >= 0.3 is 5.97 Å². The van der Waals surface area contributed by atoms with Crippen molar-refractivity contribution in [3.63, 3.8) is 0 Å². The van der Waals surface area contributed by atoms with E-state index >= 15 is 0 Å². The first-order chi connectivity index (χ1) is 6.16. The van der Waals surface area contributed by atoms with E-state index in [0.717, 1.165) is 25.7 Å². The normalized spacial score (nSPS) is 22.3. The summed E-state index contributed by atoms with van der Waals surface area (Å²) in [6.07, 6.45) is 4.07. The van der Waals surface area contributed by atoms with E-state index in [1.165, 1.54) is 0 Å². The molecule has 13 heavy (non-hydrogen) atoms. The van der Waals surface area contributed by atoms with Crippen LogP contribution in [0.4, 0.5) is 0 Å². The largest absolute Gasteiger partial charge is 0.481 e. The van der Waals surface area contributed by atoms with Gasteiger partial charge in [-0.1, -0.05) is 26.2 Å². The van der Waals surface area contributed by atoms with Crippen LogP contribution in [0, 0.1) is 5.92 Å².